The maximum Gasteiger partial charge on any atom is 0.119 e. The molecule has 0 spiro atoms. The maximum absolute atomic E-state index is 10.8. The quantitative estimate of drug-likeness (QED) is 0.708. The van der Waals surface area contributed by atoms with E-state index < -0.39 is 5.97 Å². The van der Waals surface area contributed by atoms with Crippen LogP contribution in [0.25, 0.3) is 11.1 Å². The third-order valence-electron chi connectivity index (χ3n) is 3.62. The van der Waals surface area contributed by atoms with Crippen LogP contribution in [0.3, 0.4) is 0 Å². The average Bonchev–Trinajstić information content (AvgIpc) is 2.61. The smallest absolute Gasteiger partial charge is 0.119 e. The van der Waals surface area contributed by atoms with Crippen molar-refractivity contribution in [2.75, 3.05) is 0 Å². The number of rotatable bonds is 5. The molecular formula is C20H14ClO3-. The Bertz CT molecular complexity index is 843. The van der Waals surface area contributed by atoms with Crippen molar-refractivity contribution in [3.63, 3.8) is 0 Å². The van der Waals surface area contributed by atoms with E-state index >= 15 is 0 Å². The van der Waals surface area contributed by atoms with E-state index in [1.54, 1.807) is 6.07 Å². The highest BCUT2D eigenvalue weighted by atomic mass is 35.5. The zero-order chi connectivity index (χ0) is 16.9. The molecule has 4 heteroatoms. The Morgan fingerprint density at radius 1 is 0.958 bits per heavy atom. The van der Waals surface area contributed by atoms with Gasteiger partial charge in [-0.2, -0.15) is 0 Å². The minimum atomic E-state index is -1.24. The van der Waals surface area contributed by atoms with Crippen LogP contribution in [0.5, 0.6) is 5.75 Å². The van der Waals surface area contributed by atoms with Crippen molar-refractivity contribution in [2.45, 2.75) is 6.61 Å². The molecule has 0 aliphatic carbocycles. The maximum atomic E-state index is 10.8. The SMILES string of the molecule is O=C([O-])c1ccc(-c2ccc(OCc3ccccc3)cc2)c(Cl)c1. The van der Waals surface area contributed by atoms with Crippen molar-refractivity contribution in [3.05, 3.63) is 88.9 Å². The van der Waals surface area contributed by atoms with Crippen molar-refractivity contribution in [2.24, 2.45) is 0 Å². The van der Waals surface area contributed by atoms with Crippen molar-refractivity contribution in [1.29, 1.82) is 0 Å². The van der Waals surface area contributed by atoms with Gasteiger partial charge < -0.3 is 14.6 Å². The molecule has 0 radical (unpaired) electrons. The summed E-state index contributed by atoms with van der Waals surface area (Å²) in [7, 11) is 0. The summed E-state index contributed by atoms with van der Waals surface area (Å²) in [5.74, 6) is -0.488. The largest absolute Gasteiger partial charge is 0.545 e. The lowest BCUT2D eigenvalue weighted by molar-refractivity contribution is -0.255. The molecule has 120 valence electrons. The molecule has 0 unspecified atom stereocenters. The summed E-state index contributed by atoms with van der Waals surface area (Å²) in [6, 6.07) is 22.0. The molecule has 0 saturated carbocycles. The molecule has 3 aromatic carbocycles. The second-order valence-electron chi connectivity index (χ2n) is 5.28. The van der Waals surface area contributed by atoms with Crippen molar-refractivity contribution in [3.8, 4) is 16.9 Å². The van der Waals surface area contributed by atoms with Gasteiger partial charge in [0.2, 0.25) is 0 Å². The first-order chi connectivity index (χ1) is 11.6. The molecule has 3 nitrogen and oxygen atoms in total. The highest BCUT2D eigenvalue weighted by molar-refractivity contribution is 6.33. The molecule has 0 atom stereocenters. The molecule has 0 aliphatic rings. The third kappa shape index (κ3) is 3.76. The van der Waals surface area contributed by atoms with Crippen molar-refractivity contribution < 1.29 is 14.6 Å². The predicted molar refractivity (Wildman–Crippen MR) is 92.0 cm³/mol. The Hall–Kier alpha value is -2.78. The van der Waals surface area contributed by atoms with Crippen LogP contribution in [0.15, 0.2) is 72.8 Å². The van der Waals surface area contributed by atoms with Crippen molar-refractivity contribution in [1.82, 2.24) is 0 Å². The van der Waals surface area contributed by atoms with Crippen molar-refractivity contribution >= 4 is 17.6 Å². The van der Waals surface area contributed by atoms with Gasteiger partial charge in [0.05, 0.1) is 5.97 Å². The zero-order valence-corrected chi connectivity index (χ0v) is 13.5. The summed E-state index contributed by atoms with van der Waals surface area (Å²) in [4.78, 5) is 10.8. The lowest BCUT2D eigenvalue weighted by Crippen LogP contribution is -2.22. The molecule has 0 bridgehead atoms. The second kappa shape index (κ2) is 7.20. The number of carboxylic acids is 1. The van der Waals surface area contributed by atoms with Crippen LogP contribution in [0, 0.1) is 0 Å². The van der Waals surface area contributed by atoms with E-state index in [0.29, 0.717) is 11.6 Å². The number of benzene rings is 3. The Morgan fingerprint density at radius 3 is 2.29 bits per heavy atom. The van der Waals surface area contributed by atoms with Crippen LogP contribution in [-0.2, 0) is 6.61 Å². The van der Waals surface area contributed by atoms with Gasteiger partial charge in [0.15, 0.2) is 0 Å². The van der Waals surface area contributed by atoms with E-state index in [2.05, 4.69) is 0 Å². The summed E-state index contributed by atoms with van der Waals surface area (Å²) in [5, 5.41) is 11.2. The third-order valence-corrected chi connectivity index (χ3v) is 3.93. The summed E-state index contributed by atoms with van der Waals surface area (Å²) in [6.07, 6.45) is 0. The number of aromatic carboxylic acids is 1. The monoisotopic (exact) mass is 337 g/mol. The highest BCUT2D eigenvalue weighted by Crippen LogP contribution is 2.30. The van der Waals surface area contributed by atoms with Gasteiger partial charge in [-0.1, -0.05) is 66.2 Å². The number of carbonyl (C=O) groups is 1. The number of halogens is 1. The summed E-state index contributed by atoms with van der Waals surface area (Å²) in [5.41, 5.74) is 2.81. The van der Waals surface area contributed by atoms with Gasteiger partial charge in [-0.05, 0) is 34.9 Å². The summed E-state index contributed by atoms with van der Waals surface area (Å²) >= 11 is 6.17. The first-order valence-corrected chi connectivity index (χ1v) is 7.79. The van der Waals surface area contributed by atoms with Gasteiger partial charge in [0.25, 0.3) is 0 Å². The number of carbonyl (C=O) groups excluding carboxylic acids is 1. The van der Waals surface area contributed by atoms with Gasteiger partial charge in [-0.15, -0.1) is 0 Å². The van der Waals surface area contributed by atoms with Gasteiger partial charge in [-0.25, -0.2) is 0 Å². The normalized spacial score (nSPS) is 10.4. The van der Waals surface area contributed by atoms with E-state index in [-0.39, 0.29) is 5.56 Å². The van der Waals surface area contributed by atoms with E-state index in [4.69, 9.17) is 16.3 Å². The predicted octanol–water partition coefficient (Wildman–Crippen LogP) is 3.95. The van der Waals surface area contributed by atoms with Crippen LogP contribution >= 0.6 is 11.6 Å². The van der Waals surface area contributed by atoms with E-state index in [9.17, 15) is 9.90 Å². The topological polar surface area (TPSA) is 49.4 Å². The van der Waals surface area contributed by atoms with Gasteiger partial charge in [-0.3, -0.25) is 0 Å². The molecule has 0 fully saturated rings. The molecule has 0 saturated heterocycles. The molecule has 0 heterocycles. The van der Waals surface area contributed by atoms with Crippen LogP contribution in [-0.4, -0.2) is 5.97 Å². The molecule has 0 aromatic heterocycles. The summed E-state index contributed by atoms with van der Waals surface area (Å²) in [6.45, 7) is 0.501. The van der Waals surface area contributed by atoms with E-state index in [1.165, 1.54) is 12.1 Å². The lowest BCUT2D eigenvalue weighted by atomic mass is 10.0. The van der Waals surface area contributed by atoms with Crippen LogP contribution in [0.4, 0.5) is 0 Å². The fraction of sp³-hybridized carbons (Fsp3) is 0.0500. The number of hydrogen-bond acceptors (Lipinski definition) is 3. The number of hydrogen-bond donors (Lipinski definition) is 0. The Morgan fingerprint density at radius 2 is 1.67 bits per heavy atom. The highest BCUT2D eigenvalue weighted by Gasteiger charge is 2.06. The lowest BCUT2D eigenvalue weighted by Gasteiger charge is -2.10. The fourth-order valence-corrected chi connectivity index (χ4v) is 2.64. The Labute approximate surface area is 145 Å². The van der Waals surface area contributed by atoms with Gasteiger partial charge >= 0.3 is 0 Å². The molecule has 0 aliphatic heterocycles. The minimum absolute atomic E-state index is 0.0616. The Balaban J connectivity index is 1.73. The fourth-order valence-electron chi connectivity index (χ4n) is 2.35. The minimum Gasteiger partial charge on any atom is -0.545 e. The zero-order valence-electron chi connectivity index (χ0n) is 12.7. The molecule has 3 rings (SSSR count). The first kappa shape index (κ1) is 16.1. The van der Waals surface area contributed by atoms with Gasteiger partial charge in [0.1, 0.15) is 12.4 Å². The number of ether oxygens (including phenoxy) is 1. The number of carboxylic acid groups (broad SMARTS) is 1. The molecule has 0 N–H and O–H groups in total. The standard InChI is InChI=1S/C20H15ClO3/c21-19-12-16(20(22)23)8-11-18(19)15-6-9-17(10-7-15)24-13-14-4-2-1-3-5-14/h1-12H,13H2,(H,22,23)/p-1. The van der Waals surface area contributed by atoms with Crippen LogP contribution < -0.4 is 9.84 Å². The molecule has 24 heavy (non-hydrogen) atoms. The van der Waals surface area contributed by atoms with Crippen LogP contribution in [0.1, 0.15) is 15.9 Å². The van der Waals surface area contributed by atoms with Gasteiger partial charge in [0, 0.05) is 10.6 Å². The van der Waals surface area contributed by atoms with E-state index in [0.717, 1.165) is 22.4 Å². The van der Waals surface area contributed by atoms with Crippen LogP contribution in [0.2, 0.25) is 5.02 Å². The average molecular weight is 338 g/mol. The first-order valence-electron chi connectivity index (χ1n) is 7.41. The molecule has 3 aromatic rings. The molecular weight excluding hydrogens is 324 g/mol. The molecule has 0 amide bonds. The summed E-state index contributed by atoms with van der Waals surface area (Å²) < 4.78 is 5.74. The van der Waals surface area contributed by atoms with E-state index in [1.807, 2.05) is 54.6 Å². The second-order valence-corrected chi connectivity index (χ2v) is 5.69. The Kier molecular flexibility index (Phi) is 4.82.